The van der Waals surface area contributed by atoms with Crippen molar-refractivity contribution in [3.63, 3.8) is 0 Å². The number of primary amides is 1. The maximum absolute atomic E-state index is 10.8. The Bertz CT molecular complexity index is 212. The monoisotopic (exact) mass is 187 g/mol. The summed E-state index contributed by atoms with van der Waals surface area (Å²) in [5.41, 5.74) is 4.88. The van der Waals surface area contributed by atoms with E-state index in [1.165, 1.54) is 0 Å². The summed E-state index contributed by atoms with van der Waals surface area (Å²) in [6.45, 7) is 0. The van der Waals surface area contributed by atoms with Crippen molar-refractivity contribution < 1.29 is 19.1 Å². The lowest BCUT2D eigenvalue weighted by molar-refractivity contribution is -0.151. The van der Waals surface area contributed by atoms with Gasteiger partial charge in [-0.2, -0.15) is 0 Å². The van der Waals surface area contributed by atoms with Crippen LogP contribution < -0.4 is 5.73 Å². The quantitative estimate of drug-likeness (QED) is 0.353. The number of rotatable bonds is 6. The maximum Gasteiger partial charge on any atom is 0.374 e. The summed E-state index contributed by atoms with van der Waals surface area (Å²) in [6, 6.07) is 0. The van der Waals surface area contributed by atoms with Crippen molar-refractivity contribution in [3.05, 3.63) is 0 Å². The predicted molar refractivity (Wildman–Crippen MR) is 44.7 cm³/mol. The average molecular weight is 187 g/mol. The number of methoxy groups -OCH3 is 1. The van der Waals surface area contributed by atoms with E-state index in [1.807, 2.05) is 0 Å². The fourth-order valence-corrected chi connectivity index (χ4v) is 0.801. The number of carbonyl (C=O) groups is 3. The molecule has 0 atom stereocenters. The molecule has 0 spiro atoms. The van der Waals surface area contributed by atoms with E-state index in [0.29, 0.717) is 12.8 Å². The van der Waals surface area contributed by atoms with Crippen LogP contribution in [-0.2, 0) is 19.1 Å². The summed E-state index contributed by atoms with van der Waals surface area (Å²) in [7, 11) is 1.16. The third-order valence-corrected chi connectivity index (χ3v) is 1.49. The Kier molecular flexibility index (Phi) is 5.50. The first-order valence-corrected chi connectivity index (χ1v) is 3.97. The summed E-state index contributed by atoms with van der Waals surface area (Å²) in [5, 5.41) is 0. The van der Waals surface area contributed by atoms with Crippen molar-refractivity contribution in [1.29, 1.82) is 0 Å². The third kappa shape index (κ3) is 5.84. The lowest BCUT2D eigenvalue weighted by Crippen LogP contribution is -2.15. The molecule has 0 rings (SSSR count). The number of Topliss-reactive ketones (excluding diaryl/α,β-unsaturated/α-hetero) is 1. The van der Waals surface area contributed by atoms with E-state index in [9.17, 15) is 14.4 Å². The van der Waals surface area contributed by atoms with Crippen molar-refractivity contribution >= 4 is 17.7 Å². The molecule has 0 saturated heterocycles. The van der Waals surface area contributed by atoms with Crippen molar-refractivity contribution in [3.8, 4) is 0 Å². The first-order valence-electron chi connectivity index (χ1n) is 3.97. The minimum Gasteiger partial charge on any atom is -0.463 e. The van der Waals surface area contributed by atoms with Gasteiger partial charge in [0, 0.05) is 12.8 Å². The van der Waals surface area contributed by atoms with Gasteiger partial charge in [0.05, 0.1) is 7.11 Å². The zero-order valence-electron chi connectivity index (χ0n) is 7.54. The highest BCUT2D eigenvalue weighted by Gasteiger charge is 2.12. The fourth-order valence-electron chi connectivity index (χ4n) is 0.801. The number of ketones is 1. The topological polar surface area (TPSA) is 86.5 Å². The fraction of sp³-hybridized carbons (Fsp3) is 0.625. The summed E-state index contributed by atoms with van der Waals surface area (Å²) in [4.78, 5) is 31.7. The molecule has 5 nitrogen and oxygen atoms in total. The van der Waals surface area contributed by atoms with Gasteiger partial charge in [0.15, 0.2) is 0 Å². The van der Waals surface area contributed by atoms with Crippen LogP contribution in [0.1, 0.15) is 25.7 Å². The Hall–Kier alpha value is -1.39. The van der Waals surface area contributed by atoms with Gasteiger partial charge in [0.1, 0.15) is 0 Å². The number of amides is 1. The Balaban J connectivity index is 3.48. The van der Waals surface area contributed by atoms with E-state index in [4.69, 9.17) is 5.73 Å². The van der Waals surface area contributed by atoms with Crippen molar-refractivity contribution in [2.75, 3.05) is 7.11 Å². The van der Waals surface area contributed by atoms with Crippen molar-refractivity contribution in [2.45, 2.75) is 25.7 Å². The molecule has 0 fully saturated rings. The van der Waals surface area contributed by atoms with Crippen LogP contribution in [0.25, 0.3) is 0 Å². The predicted octanol–water partition coefficient (Wildman–Crippen LogP) is -0.226. The SMILES string of the molecule is COC(=O)C(=O)CCCCC(N)=O. The highest BCUT2D eigenvalue weighted by Crippen LogP contribution is 2.00. The molecule has 0 aliphatic rings. The molecule has 0 aromatic heterocycles. The molecule has 0 aliphatic heterocycles. The van der Waals surface area contributed by atoms with E-state index in [1.54, 1.807) is 0 Å². The number of hydrogen-bond donors (Lipinski definition) is 1. The second kappa shape index (κ2) is 6.16. The first-order chi connectivity index (χ1) is 6.07. The van der Waals surface area contributed by atoms with Gasteiger partial charge < -0.3 is 10.5 Å². The number of hydrogen-bond acceptors (Lipinski definition) is 4. The summed E-state index contributed by atoms with van der Waals surface area (Å²) < 4.78 is 4.21. The second-order valence-electron chi connectivity index (χ2n) is 2.59. The summed E-state index contributed by atoms with van der Waals surface area (Å²) >= 11 is 0. The number of unbranched alkanes of at least 4 members (excludes halogenated alkanes) is 1. The molecular weight excluding hydrogens is 174 g/mol. The zero-order valence-corrected chi connectivity index (χ0v) is 7.54. The minimum absolute atomic E-state index is 0.111. The molecule has 0 aromatic rings. The van der Waals surface area contributed by atoms with Crippen LogP contribution in [0.3, 0.4) is 0 Å². The molecule has 2 N–H and O–H groups in total. The maximum atomic E-state index is 10.8. The van der Waals surface area contributed by atoms with E-state index in [0.717, 1.165) is 7.11 Å². The standard InChI is InChI=1S/C8H13NO4/c1-13-8(12)6(10)4-2-3-5-7(9)11/h2-5H2,1H3,(H2,9,11). The van der Waals surface area contributed by atoms with Gasteiger partial charge in [-0.15, -0.1) is 0 Å². The van der Waals surface area contributed by atoms with Crippen LogP contribution >= 0.6 is 0 Å². The highest BCUT2D eigenvalue weighted by atomic mass is 16.5. The molecule has 0 aliphatic carbocycles. The molecule has 0 heterocycles. The van der Waals surface area contributed by atoms with Crippen LogP contribution in [0.5, 0.6) is 0 Å². The molecule has 0 saturated carbocycles. The van der Waals surface area contributed by atoms with Gasteiger partial charge in [0.2, 0.25) is 11.7 Å². The summed E-state index contributed by atoms with van der Waals surface area (Å²) in [6.07, 6.45) is 1.36. The van der Waals surface area contributed by atoms with Crippen molar-refractivity contribution in [2.24, 2.45) is 5.73 Å². The van der Waals surface area contributed by atoms with Gasteiger partial charge in [-0.3, -0.25) is 9.59 Å². The molecule has 13 heavy (non-hydrogen) atoms. The molecule has 0 radical (unpaired) electrons. The zero-order chi connectivity index (χ0) is 10.3. The molecule has 0 aromatic carbocycles. The van der Waals surface area contributed by atoms with Gasteiger partial charge in [-0.1, -0.05) is 0 Å². The number of esters is 1. The van der Waals surface area contributed by atoms with Crippen LogP contribution in [-0.4, -0.2) is 24.8 Å². The van der Waals surface area contributed by atoms with E-state index >= 15 is 0 Å². The number of nitrogens with two attached hydrogens (primary N) is 1. The Morgan fingerprint density at radius 1 is 1.15 bits per heavy atom. The highest BCUT2D eigenvalue weighted by molar-refractivity contribution is 6.33. The lowest BCUT2D eigenvalue weighted by atomic mass is 10.1. The van der Waals surface area contributed by atoms with Gasteiger partial charge in [-0.25, -0.2) is 4.79 Å². The summed E-state index contributed by atoms with van der Waals surface area (Å²) in [5.74, 6) is -1.79. The minimum atomic E-state index is -0.834. The molecule has 5 heteroatoms. The van der Waals surface area contributed by atoms with Crippen LogP contribution in [0.2, 0.25) is 0 Å². The number of ether oxygens (including phenoxy) is 1. The Labute approximate surface area is 76.2 Å². The molecule has 74 valence electrons. The largest absolute Gasteiger partial charge is 0.463 e. The van der Waals surface area contributed by atoms with Crippen LogP contribution in [0, 0.1) is 0 Å². The molecule has 1 amide bonds. The third-order valence-electron chi connectivity index (χ3n) is 1.49. The average Bonchev–Trinajstić information content (AvgIpc) is 2.10. The lowest BCUT2D eigenvalue weighted by Gasteiger charge is -1.97. The molecular formula is C8H13NO4. The van der Waals surface area contributed by atoms with Gasteiger partial charge in [0.25, 0.3) is 0 Å². The Morgan fingerprint density at radius 2 is 1.69 bits per heavy atom. The Morgan fingerprint density at radius 3 is 2.15 bits per heavy atom. The normalized spacial score (nSPS) is 9.31. The second-order valence-corrected chi connectivity index (χ2v) is 2.59. The number of carbonyl (C=O) groups excluding carboxylic acids is 3. The van der Waals surface area contributed by atoms with Crippen LogP contribution in [0.4, 0.5) is 0 Å². The smallest absolute Gasteiger partial charge is 0.374 e. The van der Waals surface area contributed by atoms with E-state index < -0.39 is 17.7 Å². The van der Waals surface area contributed by atoms with Gasteiger partial charge >= 0.3 is 5.97 Å². The van der Waals surface area contributed by atoms with Gasteiger partial charge in [-0.05, 0) is 12.8 Å². The van der Waals surface area contributed by atoms with Crippen LogP contribution in [0.15, 0.2) is 0 Å². The van der Waals surface area contributed by atoms with Crippen molar-refractivity contribution in [1.82, 2.24) is 0 Å². The van der Waals surface area contributed by atoms with E-state index in [-0.39, 0.29) is 12.8 Å². The first kappa shape index (κ1) is 11.6. The van der Waals surface area contributed by atoms with E-state index in [2.05, 4.69) is 4.74 Å². The molecule has 0 bridgehead atoms. The molecule has 0 unspecified atom stereocenters.